The molecule has 0 saturated heterocycles. The Balaban J connectivity index is 1.88. The second-order valence-electron chi connectivity index (χ2n) is 10.4. The molecule has 2 aromatic carbocycles. The van der Waals surface area contributed by atoms with E-state index >= 15 is 0 Å². The molecule has 0 aromatic heterocycles. The zero-order valence-corrected chi connectivity index (χ0v) is 21.3. The molecule has 0 radical (unpaired) electrons. The van der Waals surface area contributed by atoms with E-state index in [1.807, 2.05) is 74.5 Å². The van der Waals surface area contributed by atoms with Crippen molar-refractivity contribution in [2.75, 3.05) is 0 Å². The lowest BCUT2D eigenvalue weighted by molar-refractivity contribution is -0.144. The third kappa shape index (κ3) is 7.57. The molecular formula is C28H37N3O4. The summed E-state index contributed by atoms with van der Waals surface area (Å²) in [5.74, 6) is -0.725. The number of benzene rings is 2. The van der Waals surface area contributed by atoms with Crippen molar-refractivity contribution in [1.82, 2.24) is 15.5 Å². The maximum absolute atomic E-state index is 13.9. The van der Waals surface area contributed by atoms with E-state index < -0.39 is 23.8 Å². The molecule has 7 nitrogen and oxygen atoms in total. The van der Waals surface area contributed by atoms with Gasteiger partial charge in [0, 0.05) is 12.6 Å². The van der Waals surface area contributed by atoms with Crippen LogP contribution in [0, 0.1) is 5.92 Å². The number of ether oxygens (including phenoxy) is 1. The molecule has 0 spiro atoms. The van der Waals surface area contributed by atoms with Crippen LogP contribution in [0.2, 0.25) is 0 Å². The van der Waals surface area contributed by atoms with Gasteiger partial charge in [0.15, 0.2) is 0 Å². The molecule has 7 heteroatoms. The van der Waals surface area contributed by atoms with E-state index in [2.05, 4.69) is 10.6 Å². The molecule has 2 unspecified atom stereocenters. The second-order valence-corrected chi connectivity index (χ2v) is 10.4. The number of carbonyl (C=O) groups is 3. The van der Waals surface area contributed by atoms with Gasteiger partial charge in [0.1, 0.15) is 17.7 Å². The molecule has 3 rings (SSSR count). The van der Waals surface area contributed by atoms with Crippen molar-refractivity contribution < 1.29 is 19.1 Å². The van der Waals surface area contributed by atoms with E-state index in [1.165, 1.54) is 0 Å². The maximum Gasteiger partial charge on any atom is 0.408 e. The first-order valence-corrected chi connectivity index (χ1v) is 12.2. The highest BCUT2D eigenvalue weighted by Crippen LogP contribution is 2.36. The summed E-state index contributed by atoms with van der Waals surface area (Å²) in [5.41, 5.74) is 1.02. The average Bonchev–Trinajstić information content (AvgIpc) is 3.64. The molecule has 0 bridgehead atoms. The average molecular weight is 480 g/mol. The summed E-state index contributed by atoms with van der Waals surface area (Å²) in [6.07, 6.45) is 0.987. The lowest BCUT2D eigenvalue weighted by Gasteiger charge is -2.35. The van der Waals surface area contributed by atoms with E-state index in [4.69, 9.17) is 4.74 Å². The van der Waals surface area contributed by atoms with Gasteiger partial charge in [-0.15, -0.1) is 0 Å². The monoisotopic (exact) mass is 479 g/mol. The summed E-state index contributed by atoms with van der Waals surface area (Å²) in [6, 6.07) is 17.3. The summed E-state index contributed by atoms with van der Waals surface area (Å²) >= 11 is 0. The third-order valence-corrected chi connectivity index (χ3v) is 5.75. The predicted octanol–water partition coefficient (Wildman–Crippen LogP) is 4.58. The van der Waals surface area contributed by atoms with Crippen LogP contribution in [-0.2, 0) is 20.9 Å². The Bertz CT molecular complexity index is 998. The zero-order valence-electron chi connectivity index (χ0n) is 21.3. The van der Waals surface area contributed by atoms with Gasteiger partial charge in [-0.05, 0) is 50.7 Å². The molecule has 1 saturated carbocycles. The van der Waals surface area contributed by atoms with E-state index in [9.17, 15) is 14.4 Å². The first-order valence-electron chi connectivity index (χ1n) is 12.2. The first-order chi connectivity index (χ1) is 16.6. The number of alkyl carbamates (subject to hydrolysis) is 1. The van der Waals surface area contributed by atoms with Gasteiger partial charge in [0.2, 0.25) is 11.8 Å². The van der Waals surface area contributed by atoms with Crippen molar-refractivity contribution in [2.24, 2.45) is 5.92 Å². The Morgan fingerprint density at radius 2 is 1.54 bits per heavy atom. The van der Waals surface area contributed by atoms with Gasteiger partial charge in [0.05, 0.1) is 0 Å². The molecule has 2 aromatic rings. The van der Waals surface area contributed by atoms with Crippen molar-refractivity contribution in [3.8, 4) is 0 Å². The highest BCUT2D eigenvalue weighted by molar-refractivity contribution is 5.92. The van der Waals surface area contributed by atoms with Gasteiger partial charge in [-0.1, -0.05) is 74.5 Å². The Morgan fingerprint density at radius 1 is 0.971 bits per heavy atom. The van der Waals surface area contributed by atoms with Gasteiger partial charge in [-0.3, -0.25) is 9.59 Å². The molecule has 2 N–H and O–H groups in total. The van der Waals surface area contributed by atoms with E-state index in [-0.39, 0.29) is 23.8 Å². The molecule has 2 atom stereocenters. The molecule has 1 fully saturated rings. The minimum Gasteiger partial charge on any atom is -0.444 e. The fraction of sp³-hybridized carbons (Fsp3) is 0.464. The van der Waals surface area contributed by atoms with E-state index in [0.717, 1.165) is 24.0 Å². The maximum atomic E-state index is 13.9. The molecule has 3 amide bonds. The highest BCUT2D eigenvalue weighted by atomic mass is 16.6. The fourth-order valence-corrected chi connectivity index (χ4v) is 3.93. The van der Waals surface area contributed by atoms with Crippen LogP contribution in [0.25, 0.3) is 0 Å². The van der Waals surface area contributed by atoms with Crippen LogP contribution < -0.4 is 10.6 Å². The van der Waals surface area contributed by atoms with Crippen molar-refractivity contribution in [3.63, 3.8) is 0 Å². The smallest absolute Gasteiger partial charge is 0.408 e. The van der Waals surface area contributed by atoms with Crippen LogP contribution in [0.3, 0.4) is 0 Å². The number of rotatable bonds is 9. The van der Waals surface area contributed by atoms with Gasteiger partial charge in [0.25, 0.3) is 0 Å². The van der Waals surface area contributed by atoms with Crippen LogP contribution in [0.15, 0.2) is 60.7 Å². The molecule has 1 aliphatic rings. The Labute approximate surface area is 208 Å². The zero-order chi connectivity index (χ0) is 25.6. The summed E-state index contributed by atoms with van der Waals surface area (Å²) in [4.78, 5) is 41.7. The number of nitrogens with zero attached hydrogens (tertiary/aromatic N) is 1. The van der Waals surface area contributed by atoms with Gasteiger partial charge in [-0.2, -0.15) is 0 Å². The topological polar surface area (TPSA) is 87.7 Å². The first kappa shape index (κ1) is 26.3. The molecule has 0 heterocycles. The van der Waals surface area contributed by atoms with Crippen molar-refractivity contribution in [3.05, 3.63) is 71.8 Å². The Hall–Kier alpha value is -3.35. The van der Waals surface area contributed by atoms with Crippen LogP contribution in [0.1, 0.15) is 64.6 Å². The van der Waals surface area contributed by atoms with Crippen LogP contribution >= 0.6 is 0 Å². The quantitative estimate of drug-likeness (QED) is 0.551. The van der Waals surface area contributed by atoms with Crippen LogP contribution in [0.4, 0.5) is 4.79 Å². The molecule has 1 aliphatic carbocycles. The van der Waals surface area contributed by atoms with Crippen molar-refractivity contribution in [2.45, 2.75) is 77.7 Å². The lowest BCUT2D eigenvalue weighted by atomic mass is 9.98. The van der Waals surface area contributed by atoms with Gasteiger partial charge < -0.3 is 20.3 Å². The molecule has 35 heavy (non-hydrogen) atoms. The second kappa shape index (κ2) is 11.4. The van der Waals surface area contributed by atoms with Crippen LogP contribution in [-0.4, -0.2) is 40.5 Å². The summed E-state index contributed by atoms with van der Waals surface area (Å²) in [6.45, 7) is 9.43. The molecular weight excluding hydrogens is 442 g/mol. The largest absolute Gasteiger partial charge is 0.444 e. The van der Waals surface area contributed by atoms with E-state index in [0.29, 0.717) is 6.54 Å². The number of amides is 3. The molecule has 188 valence electrons. The predicted molar refractivity (Wildman–Crippen MR) is 135 cm³/mol. The summed E-state index contributed by atoms with van der Waals surface area (Å²) in [5, 5.41) is 5.77. The minimum absolute atomic E-state index is 0.0585. The van der Waals surface area contributed by atoms with Crippen molar-refractivity contribution >= 4 is 17.9 Å². The number of hydrogen-bond donors (Lipinski definition) is 2. The van der Waals surface area contributed by atoms with Gasteiger partial charge in [-0.25, -0.2) is 4.79 Å². The van der Waals surface area contributed by atoms with E-state index in [1.54, 1.807) is 25.7 Å². The van der Waals surface area contributed by atoms with Crippen LogP contribution in [0.5, 0.6) is 0 Å². The summed E-state index contributed by atoms with van der Waals surface area (Å²) in [7, 11) is 0. The minimum atomic E-state index is -0.821. The normalized spacial score (nSPS) is 15.1. The number of carbonyl (C=O) groups excluding carboxylic acids is 3. The van der Waals surface area contributed by atoms with Gasteiger partial charge >= 0.3 is 6.09 Å². The standard InChI is InChI=1S/C28H37N3O4/c1-19(2)23(30-27(34)35-28(3,4)5)26(33)31(22-16-17-22)24(21-14-10-7-11-15-21)25(32)29-18-20-12-8-6-9-13-20/h6-15,19,22-24H,16-18H2,1-5H3,(H,29,32)(H,30,34). The number of hydrogen-bond acceptors (Lipinski definition) is 4. The lowest BCUT2D eigenvalue weighted by Crippen LogP contribution is -2.55. The molecule has 0 aliphatic heterocycles. The fourth-order valence-electron chi connectivity index (χ4n) is 3.93. The summed E-state index contributed by atoms with van der Waals surface area (Å²) < 4.78 is 5.40. The Morgan fingerprint density at radius 3 is 2.06 bits per heavy atom. The Kier molecular flexibility index (Phi) is 8.54. The SMILES string of the molecule is CC(C)C(NC(=O)OC(C)(C)C)C(=O)N(C1CC1)C(C(=O)NCc1ccccc1)c1ccccc1. The highest BCUT2D eigenvalue weighted by Gasteiger charge is 2.44. The number of nitrogens with one attached hydrogen (secondary N) is 2. The van der Waals surface area contributed by atoms with Crippen molar-refractivity contribution in [1.29, 1.82) is 0 Å². The third-order valence-electron chi connectivity index (χ3n) is 5.75.